The van der Waals surface area contributed by atoms with E-state index in [1.807, 2.05) is 0 Å². The number of halogens is 2. The summed E-state index contributed by atoms with van der Waals surface area (Å²) in [6.07, 6.45) is 1.20. The van der Waals surface area contributed by atoms with Gasteiger partial charge in [0.05, 0.1) is 0 Å². The van der Waals surface area contributed by atoms with Crippen LogP contribution in [-0.2, 0) is 9.53 Å². The van der Waals surface area contributed by atoms with Crippen LogP contribution in [0.25, 0.3) is 0 Å². The smallest absolute Gasteiger partial charge is 0.254 e. The van der Waals surface area contributed by atoms with Gasteiger partial charge in [0.1, 0.15) is 17.1 Å². The minimum Gasteiger partial charge on any atom is -0.368 e. The molecule has 1 unspecified atom stereocenters. The zero-order chi connectivity index (χ0) is 11.5. The summed E-state index contributed by atoms with van der Waals surface area (Å²) in [4.78, 5) is 19.2. The lowest BCUT2D eigenvalue weighted by molar-refractivity contribution is -0.124. The Hall–Kier alpha value is -0.910. The Labute approximate surface area is 102 Å². The average molecular weight is 262 g/mol. The molecule has 0 radical (unpaired) electrons. The van der Waals surface area contributed by atoms with E-state index in [9.17, 15) is 4.79 Å². The van der Waals surface area contributed by atoms with Gasteiger partial charge in [0.2, 0.25) is 5.28 Å². The molecule has 1 aromatic heterocycles. The Morgan fingerprint density at radius 2 is 2.31 bits per heavy atom. The van der Waals surface area contributed by atoms with Crippen LogP contribution in [0.5, 0.6) is 0 Å². The number of ether oxygens (including phenoxy) is 1. The van der Waals surface area contributed by atoms with E-state index < -0.39 is 6.10 Å². The van der Waals surface area contributed by atoms with Gasteiger partial charge in [-0.2, -0.15) is 0 Å². The van der Waals surface area contributed by atoms with Crippen molar-refractivity contribution in [1.29, 1.82) is 0 Å². The zero-order valence-electron chi connectivity index (χ0n) is 8.24. The van der Waals surface area contributed by atoms with Gasteiger partial charge >= 0.3 is 0 Å². The second-order valence-corrected chi connectivity index (χ2v) is 4.06. The summed E-state index contributed by atoms with van der Waals surface area (Å²) in [5.74, 6) is 0.0498. The number of hydrogen-bond acceptors (Lipinski definition) is 4. The molecule has 1 aliphatic heterocycles. The highest BCUT2D eigenvalue weighted by Gasteiger charge is 2.23. The maximum absolute atomic E-state index is 11.7. The molecular formula is C9H9Cl2N3O2. The molecule has 5 nitrogen and oxygen atoms in total. The summed E-state index contributed by atoms with van der Waals surface area (Å²) < 4.78 is 5.23. The lowest BCUT2D eigenvalue weighted by Crippen LogP contribution is -2.27. The van der Waals surface area contributed by atoms with E-state index in [4.69, 9.17) is 27.9 Å². The van der Waals surface area contributed by atoms with Gasteiger partial charge < -0.3 is 10.1 Å². The molecule has 7 heteroatoms. The van der Waals surface area contributed by atoms with Crippen molar-refractivity contribution >= 4 is 34.9 Å². The van der Waals surface area contributed by atoms with Crippen LogP contribution in [0.3, 0.4) is 0 Å². The fraction of sp³-hybridized carbons (Fsp3) is 0.444. The van der Waals surface area contributed by atoms with Crippen LogP contribution in [0.1, 0.15) is 12.8 Å². The third kappa shape index (κ3) is 2.81. The molecule has 1 fully saturated rings. The van der Waals surface area contributed by atoms with Gasteiger partial charge in [-0.1, -0.05) is 11.6 Å². The molecule has 86 valence electrons. The molecule has 16 heavy (non-hydrogen) atoms. The fourth-order valence-corrected chi connectivity index (χ4v) is 1.85. The average Bonchev–Trinajstić information content (AvgIpc) is 2.68. The number of rotatable bonds is 2. The number of anilines is 1. The maximum Gasteiger partial charge on any atom is 0.254 e. The molecule has 1 aliphatic rings. The van der Waals surface area contributed by atoms with Crippen molar-refractivity contribution in [3.8, 4) is 0 Å². The van der Waals surface area contributed by atoms with Crippen LogP contribution in [0.4, 0.5) is 5.82 Å². The highest BCUT2D eigenvalue weighted by atomic mass is 35.5. The quantitative estimate of drug-likeness (QED) is 0.653. The summed E-state index contributed by atoms with van der Waals surface area (Å²) in [5.41, 5.74) is 0. The first-order valence-corrected chi connectivity index (χ1v) is 5.53. The van der Waals surface area contributed by atoms with Crippen molar-refractivity contribution in [2.45, 2.75) is 18.9 Å². The topological polar surface area (TPSA) is 64.1 Å². The predicted octanol–water partition coefficient (Wildman–Crippen LogP) is 1.90. The summed E-state index contributed by atoms with van der Waals surface area (Å²) in [6.45, 7) is 0.614. The Balaban J connectivity index is 2.05. The summed E-state index contributed by atoms with van der Waals surface area (Å²) in [5, 5.41) is 2.76. The molecule has 1 N–H and O–H groups in total. The van der Waals surface area contributed by atoms with Crippen molar-refractivity contribution in [2.24, 2.45) is 0 Å². The Morgan fingerprint density at radius 3 is 2.94 bits per heavy atom. The SMILES string of the molecule is O=C(Nc1cc(Cl)nc(Cl)n1)C1CCCO1. The molecule has 2 heterocycles. The summed E-state index contributed by atoms with van der Waals surface area (Å²) >= 11 is 11.3. The van der Waals surface area contributed by atoms with E-state index in [0.717, 1.165) is 12.8 Å². The molecular weight excluding hydrogens is 253 g/mol. The molecule has 1 saturated heterocycles. The lowest BCUT2D eigenvalue weighted by Gasteiger charge is -2.09. The first-order valence-electron chi connectivity index (χ1n) is 4.78. The molecule has 0 aromatic carbocycles. The third-order valence-corrected chi connectivity index (χ3v) is 2.50. The zero-order valence-corrected chi connectivity index (χ0v) is 9.75. The second kappa shape index (κ2) is 4.95. The Bertz CT molecular complexity index is 387. The first kappa shape index (κ1) is 11.6. The van der Waals surface area contributed by atoms with Crippen LogP contribution in [0.2, 0.25) is 10.4 Å². The van der Waals surface area contributed by atoms with Gasteiger partial charge in [0.15, 0.2) is 0 Å². The minimum absolute atomic E-state index is 0.00450. The summed E-state index contributed by atoms with van der Waals surface area (Å²) in [7, 11) is 0. The number of carbonyl (C=O) groups excluding carboxylic acids is 1. The third-order valence-electron chi connectivity index (χ3n) is 2.14. The van der Waals surface area contributed by atoms with Crippen molar-refractivity contribution in [3.05, 3.63) is 16.5 Å². The standard InChI is InChI=1S/C9H9Cl2N3O2/c10-6-4-7(14-9(11)12-6)13-8(15)5-2-1-3-16-5/h4-5H,1-3H2,(H,12,13,14,15). The minimum atomic E-state index is -0.410. The lowest BCUT2D eigenvalue weighted by atomic mass is 10.2. The van der Waals surface area contributed by atoms with Crippen LogP contribution in [0.15, 0.2) is 6.07 Å². The highest BCUT2D eigenvalue weighted by Crippen LogP contribution is 2.17. The van der Waals surface area contributed by atoms with Crippen LogP contribution in [0, 0.1) is 0 Å². The molecule has 2 rings (SSSR count). The number of nitrogens with zero attached hydrogens (tertiary/aromatic N) is 2. The largest absolute Gasteiger partial charge is 0.368 e. The molecule has 1 amide bonds. The van der Waals surface area contributed by atoms with Crippen molar-refractivity contribution in [3.63, 3.8) is 0 Å². The van der Waals surface area contributed by atoms with Crippen LogP contribution >= 0.6 is 23.2 Å². The van der Waals surface area contributed by atoms with Gasteiger partial charge in [-0.3, -0.25) is 4.79 Å². The number of hydrogen-bond donors (Lipinski definition) is 1. The fourth-order valence-electron chi connectivity index (χ4n) is 1.45. The van der Waals surface area contributed by atoms with Gasteiger partial charge in [-0.15, -0.1) is 0 Å². The van der Waals surface area contributed by atoms with E-state index >= 15 is 0 Å². The van der Waals surface area contributed by atoms with Gasteiger partial charge in [-0.05, 0) is 24.4 Å². The maximum atomic E-state index is 11.7. The van der Waals surface area contributed by atoms with Gasteiger partial charge in [-0.25, -0.2) is 9.97 Å². The van der Waals surface area contributed by atoms with Crippen LogP contribution < -0.4 is 5.32 Å². The van der Waals surface area contributed by atoms with E-state index in [-0.39, 0.29) is 22.2 Å². The normalized spacial score (nSPS) is 19.8. The summed E-state index contributed by atoms with van der Waals surface area (Å²) in [6, 6.07) is 1.43. The van der Waals surface area contributed by atoms with Gasteiger partial charge in [0.25, 0.3) is 5.91 Å². The molecule has 1 aromatic rings. The van der Waals surface area contributed by atoms with Crippen molar-refractivity contribution in [1.82, 2.24) is 9.97 Å². The molecule has 0 bridgehead atoms. The number of amides is 1. The molecule has 1 atom stereocenters. The van der Waals surface area contributed by atoms with Crippen molar-refractivity contribution in [2.75, 3.05) is 11.9 Å². The van der Waals surface area contributed by atoms with E-state index in [2.05, 4.69) is 15.3 Å². The molecule has 0 saturated carbocycles. The number of carbonyl (C=O) groups is 1. The van der Waals surface area contributed by atoms with Crippen LogP contribution in [-0.4, -0.2) is 28.6 Å². The van der Waals surface area contributed by atoms with E-state index in [1.165, 1.54) is 6.07 Å². The molecule has 0 aliphatic carbocycles. The highest BCUT2D eigenvalue weighted by molar-refractivity contribution is 6.32. The van der Waals surface area contributed by atoms with Gasteiger partial charge in [0, 0.05) is 12.7 Å². The number of nitrogens with one attached hydrogen (secondary N) is 1. The first-order chi connectivity index (χ1) is 7.65. The second-order valence-electron chi connectivity index (χ2n) is 3.34. The van der Waals surface area contributed by atoms with E-state index in [1.54, 1.807) is 0 Å². The Morgan fingerprint density at radius 1 is 1.50 bits per heavy atom. The Kier molecular flexibility index (Phi) is 3.58. The monoisotopic (exact) mass is 261 g/mol. The van der Waals surface area contributed by atoms with Crippen molar-refractivity contribution < 1.29 is 9.53 Å². The number of aromatic nitrogens is 2. The van der Waals surface area contributed by atoms with E-state index in [0.29, 0.717) is 6.61 Å². The predicted molar refractivity (Wildman–Crippen MR) is 59.7 cm³/mol. The molecule has 0 spiro atoms.